The van der Waals surface area contributed by atoms with Crippen molar-refractivity contribution in [1.29, 1.82) is 0 Å². The molecular formula is C17H24N2. The number of rotatable bonds is 5. The predicted molar refractivity (Wildman–Crippen MR) is 82.5 cm³/mol. The van der Waals surface area contributed by atoms with E-state index in [0.717, 1.165) is 13.0 Å². The van der Waals surface area contributed by atoms with Crippen LogP contribution in [-0.2, 0) is 5.41 Å². The van der Waals surface area contributed by atoms with E-state index in [1.54, 1.807) is 0 Å². The van der Waals surface area contributed by atoms with E-state index in [1.807, 2.05) is 12.4 Å². The van der Waals surface area contributed by atoms with Crippen LogP contribution in [-0.4, -0.2) is 17.6 Å². The average molecular weight is 256 g/mol. The lowest BCUT2D eigenvalue weighted by Crippen LogP contribution is -2.33. The third-order valence-corrected chi connectivity index (χ3v) is 3.78. The first-order chi connectivity index (χ1) is 9.04. The highest BCUT2D eigenvalue weighted by molar-refractivity contribution is 5.85. The first kappa shape index (κ1) is 14.0. The zero-order valence-electron chi connectivity index (χ0n) is 12.4. The van der Waals surface area contributed by atoms with Crippen molar-refractivity contribution >= 4 is 10.8 Å². The molecule has 0 radical (unpaired) electrons. The molecule has 102 valence electrons. The first-order valence-corrected chi connectivity index (χ1v) is 7.11. The molecule has 0 aliphatic rings. The van der Waals surface area contributed by atoms with Gasteiger partial charge in [0.05, 0.1) is 0 Å². The van der Waals surface area contributed by atoms with Crippen LogP contribution in [0.15, 0.2) is 36.7 Å². The maximum atomic E-state index is 4.21. The Morgan fingerprint density at radius 2 is 2.05 bits per heavy atom. The Morgan fingerprint density at radius 3 is 2.79 bits per heavy atom. The molecule has 0 fully saturated rings. The fraction of sp³-hybridized carbons (Fsp3) is 0.471. The van der Waals surface area contributed by atoms with Gasteiger partial charge in [-0.05, 0) is 42.3 Å². The van der Waals surface area contributed by atoms with E-state index in [4.69, 9.17) is 0 Å². The minimum absolute atomic E-state index is 0.155. The molecule has 0 aliphatic carbocycles. The summed E-state index contributed by atoms with van der Waals surface area (Å²) in [5.74, 6) is 0. The molecule has 0 saturated heterocycles. The fourth-order valence-corrected chi connectivity index (χ4v) is 3.01. The van der Waals surface area contributed by atoms with Gasteiger partial charge in [-0.2, -0.15) is 0 Å². The van der Waals surface area contributed by atoms with Gasteiger partial charge in [-0.1, -0.05) is 39.0 Å². The maximum Gasteiger partial charge on any atom is 0.0346 e. The molecule has 2 heteroatoms. The molecule has 0 amide bonds. The second-order valence-corrected chi connectivity index (χ2v) is 5.95. The number of nitrogens with one attached hydrogen (secondary N) is 1. The van der Waals surface area contributed by atoms with Gasteiger partial charge in [0.15, 0.2) is 0 Å². The topological polar surface area (TPSA) is 24.9 Å². The Bertz CT molecular complexity index is 540. The van der Waals surface area contributed by atoms with Gasteiger partial charge in [0.25, 0.3) is 0 Å². The Morgan fingerprint density at radius 1 is 1.26 bits per heavy atom. The van der Waals surface area contributed by atoms with Crippen LogP contribution in [0, 0.1) is 0 Å². The summed E-state index contributed by atoms with van der Waals surface area (Å²) in [7, 11) is 0. The molecule has 2 rings (SSSR count). The van der Waals surface area contributed by atoms with Crippen LogP contribution in [0.1, 0.15) is 39.7 Å². The molecule has 1 N–H and O–H groups in total. The molecule has 0 spiro atoms. The van der Waals surface area contributed by atoms with Gasteiger partial charge in [-0.25, -0.2) is 0 Å². The summed E-state index contributed by atoms with van der Waals surface area (Å²) < 4.78 is 0. The predicted octanol–water partition coefficient (Wildman–Crippen LogP) is 3.90. The fourth-order valence-electron chi connectivity index (χ4n) is 3.01. The summed E-state index contributed by atoms with van der Waals surface area (Å²) in [6, 6.07) is 9.18. The van der Waals surface area contributed by atoms with Crippen molar-refractivity contribution < 1.29 is 0 Å². The van der Waals surface area contributed by atoms with Crippen LogP contribution in [0.4, 0.5) is 0 Å². The molecule has 0 saturated carbocycles. The number of hydrogen-bond donors (Lipinski definition) is 1. The number of nitrogens with zero attached hydrogens (tertiary/aromatic N) is 1. The summed E-state index contributed by atoms with van der Waals surface area (Å²) in [5, 5.41) is 6.06. The molecule has 1 aromatic carbocycles. The zero-order chi connectivity index (χ0) is 13.9. The van der Waals surface area contributed by atoms with Crippen LogP contribution in [0.5, 0.6) is 0 Å². The van der Waals surface area contributed by atoms with Crippen molar-refractivity contribution in [2.24, 2.45) is 0 Å². The van der Waals surface area contributed by atoms with Gasteiger partial charge in [0, 0.05) is 23.8 Å². The molecule has 19 heavy (non-hydrogen) atoms. The molecule has 1 heterocycles. The largest absolute Gasteiger partial charge is 0.315 e. The Hall–Kier alpha value is -1.41. The lowest BCUT2D eigenvalue weighted by Gasteiger charge is -2.30. The van der Waals surface area contributed by atoms with E-state index in [1.165, 1.54) is 16.3 Å². The van der Waals surface area contributed by atoms with E-state index in [2.05, 4.69) is 62.3 Å². The maximum absolute atomic E-state index is 4.21. The van der Waals surface area contributed by atoms with E-state index < -0.39 is 0 Å². The SMILES string of the molecule is CCNC(C)CC(C)(C)c1cccc2cnccc12. The molecule has 1 unspecified atom stereocenters. The van der Waals surface area contributed by atoms with E-state index in [0.29, 0.717) is 6.04 Å². The lowest BCUT2D eigenvalue weighted by molar-refractivity contribution is 0.396. The van der Waals surface area contributed by atoms with Gasteiger partial charge in [-0.15, -0.1) is 0 Å². The minimum atomic E-state index is 0.155. The first-order valence-electron chi connectivity index (χ1n) is 7.11. The van der Waals surface area contributed by atoms with Crippen LogP contribution >= 0.6 is 0 Å². The highest BCUT2D eigenvalue weighted by atomic mass is 14.9. The standard InChI is InChI=1S/C17H24N2/c1-5-19-13(2)11-17(3,4)16-8-6-7-14-12-18-10-9-15(14)16/h6-10,12-13,19H,5,11H2,1-4H3. The summed E-state index contributed by atoms with van der Waals surface area (Å²) in [5.41, 5.74) is 1.57. The van der Waals surface area contributed by atoms with Crippen molar-refractivity contribution in [2.75, 3.05) is 6.54 Å². The normalized spacial score (nSPS) is 13.7. The van der Waals surface area contributed by atoms with Gasteiger partial charge in [-0.3, -0.25) is 4.98 Å². The van der Waals surface area contributed by atoms with Gasteiger partial charge < -0.3 is 5.32 Å². The number of benzene rings is 1. The van der Waals surface area contributed by atoms with Gasteiger partial charge in [0.1, 0.15) is 0 Å². The monoisotopic (exact) mass is 256 g/mol. The second kappa shape index (κ2) is 5.70. The van der Waals surface area contributed by atoms with Gasteiger partial charge in [0.2, 0.25) is 0 Å². The number of aromatic nitrogens is 1. The molecule has 2 aromatic rings. The number of fused-ring (bicyclic) bond motifs is 1. The van der Waals surface area contributed by atoms with E-state index in [9.17, 15) is 0 Å². The van der Waals surface area contributed by atoms with Crippen molar-refractivity contribution in [3.05, 3.63) is 42.2 Å². The summed E-state index contributed by atoms with van der Waals surface area (Å²) in [6.45, 7) is 10.1. The molecule has 0 bridgehead atoms. The van der Waals surface area contributed by atoms with Crippen LogP contribution < -0.4 is 5.32 Å². The summed E-state index contributed by atoms with van der Waals surface area (Å²) in [4.78, 5) is 4.21. The Kier molecular flexibility index (Phi) is 4.20. The van der Waals surface area contributed by atoms with E-state index in [-0.39, 0.29) is 5.41 Å². The smallest absolute Gasteiger partial charge is 0.0346 e. The van der Waals surface area contributed by atoms with Crippen LogP contribution in [0.25, 0.3) is 10.8 Å². The third kappa shape index (κ3) is 3.13. The lowest BCUT2D eigenvalue weighted by atomic mass is 9.77. The summed E-state index contributed by atoms with van der Waals surface area (Å²) >= 11 is 0. The number of pyridine rings is 1. The van der Waals surface area contributed by atoms with Crippen molar-refractivity contribution in [2.45, 2.75) is 45.6 Å². The molecule has 1 atom stereocenters. The average Bonchev–Trinajstić information content (AvgIpc) is 2.37. The highest BCUT2D eigenvalue weighted by Crippen LogP contribution is 2.33. The Balaban J connectivity index is 2.37. The quantitative estimate of drug-likeness (QED) is 0.877. The molecule has 2 nitrogen and oxygen atoms in total. The van der Waals surface area contributed by atoms with Gasteiger partial charge >= 0.3 is 0 Å². The minimum Gasteiger partial charge on any atom is -0.315 e. The molecule has 0 aliphatic heterocycles. The summed E-state index contributed by atoms with van der Waals surface area (Å²) in [6.07, 6.45) is 4.96. The van der Waals surface area contributed by atoms with Crippen molar-refractivity contribution in [3.8, 4) is 0 Å². The number of hydrogen-bond acceptors (Lipinski definition) is 2. The van der Waals surface area contributed by atoms with Crippen LogP contribution in [0.2, 0.25) is 0 Å². The van der Waals surface area contributed by atoms with Crippen LogP contribution in [0.3, 0.4) is 0 Å². The van der Waals surface area contributed by atoms with E-state index >= 15 is 0 Å². The molecular weight excluding hydrogens is 232 g/mol. The highest BCUT2D eigenvalue weighted by Gasteiger charge is 2.24. The third-order valence-electron chi connectivity index (χ3n) is 3.78. The Labute approximate surface area is 116 Å². The van der Waals surface area contributed by atoms with Crippen molar-refractivity contribution in [1.82, 2.24) is 10.3 Å². The second-order valence-electron chi connectivity index (χ2n) is 5.95. The zero-order valence-corrected chi connectivity index (χ0v) is 12.4. The molecule has 1 aromatic heterocycles. The van der Waals surface area contributed by atoms with Crippen molar-refractivity contribution in [3.63, 3.8) is 0 Å².